The second-order valence-corrected chi connectivity index (χ2v) is 4.11. The summed E-state index contributed by atoms with van der Waals surface area (Å²) in [6.45, 7) is 3.00. The Kier molecular flexibility index (Phi) is 3.82. The van der Waals surface area contributed by atoms with Crippen molar-refractivity contribution < 1.29 is 4.74 Å². The Morgan fingerprint density at radius 1 is 1.44 bits per heavy atom. The monoisotopic (exact) mass is 246 g/mol. The Balaban J connectivity index is 2.32. The van der Waals surface area contributed by atoms with E-state index in [-0.39, 0.29) is 0 Å². The first-order valence-corrected chi connectivity index (χ1v) is 6.04. The van der Waals surface area contributed by atoms with Crippen LogP contribution in [-0.4, -0.2) is 21.9 Å². The molecule has 0 aliphatic heterocycles. The van der Waals surface area contributed by atoms with E-state index in [2.05, 4.69) is 17.0 Å². The first kappa shape index (κ1) is 12.4. The van der Waals surface area contributed by atoms with Gasteiger partial charge in [-0.05, 0) is 12.5 Å². The molecule has 96 valence electrons. The summed E-state index contributed by atoms with van der Waals surface area (Å²) in [4.78, 5) is 4.10. The Morgan fingerprint density at radius 2 is 2.28 bits per heavy atom. The smallest absolute Gasteiger partial charge is 0.160 e. The lowest BCUT2D eigenvalue weighted by Gasteiger charge is -2.09. The van der Waals surface area contributed by atoms with Gasteiger partial charge in [-0.15, -0.1) is 0 Å². The predicted molar refractivity (Wildman–Crippen MR) is 70.5 cm³/mol. The average molecular weight is 246 g/mol. The summed E-state index contributed by atoms with van der Waals surface area (Å²) < 4.78 is 7.30. The van der Waals surface area contributed by atoms with Crippen molar-refractivity contribution in [1.82, 2.24) is 14.8 Å². The molecule has 0 amide bonds. The highest BCUT2D eigenvalue weighted by Gasteiger charge is 2.13. The van der Waals surface area contributed by atoms with Crippen molar-refractivity contribution in [3.8, 4) is 5.75 Å². The van der Waals surface area contributed by atoms with Gasteiger partial charge in [0, 0.05) is 24.7 Å². The molecule has 5 nitrogen and oxygen atoms in total. The van der Waals surface area contributed by atoms with E-state index in [1.54, 1.807) is 19.5 Å². The topological polar surface area (TPSA) is 66.0 Å². The molecule has 0 unspecified atom stereocenters. The van der Waals surface area contributed by atoms with Crippen LogP contribution in [0.25, 0.3) is 0 Å². The highest BCUT2D eigenvalue weighted by Crippen LogP contribution is 2.23. The van der Waals surface area contributed by atoms with Crippen LogP contribution < -0.4 is 10.5 Å². The molecule has 0 aliphatic rings. The second kappa shape index (κ2) is 5.53. The number of methoxy groups -OCH3 is 1. The van der Waals surface area contributed by atoms with E-state index in [1.165, 1.54) is 0 Å². The summed E-state index contributed by atoms with van der Waals surface area (Å²) in [5, 5.41) is 4.33. The molecule has 2 N–H and O–H groups in total. The first-order chi connectivity index (χ1) is 8.76. The first-order valence-electron chi connectivity index (χ1n) is 6.04. The summed E-state index contributed by atoms with van der Waals surface area (Å²) >= 11 is 0. The molecule has 2 aromatic rings. The maximum Gasteiger partial charge on any atom is 0.160 e. The summed E-state index contributed by atoms with van der Waals surface area (Å²) in [6, 6.07) is 3.86. The van der Waals surface area contributed by atoms with Gasteiger partial charge < -0.3 is 10.5 Å². The molecule has 0 fully saturated rings. The van der Waals surface area contributed by atoms with Crippen LogP contribution in [0.3, 0.4) is 0 Å². The molecule has 0 radical (unpaired) electrons. The zero-order valence-electron chi connectivity index (χ0n) is 10.8. The maximum absolute atomic E-state index is 5.87. The third-order valence-corrected chi connectivity index (χ3v) is 2.85. The zero-order chi connectivity index (χ0) is 13.0. The SMILES string of the molecule is CCCn1ncc(OC)c1Cc1cccnc1N. The van der Waals surface area contributed by atoms with Gasteiger partial charge >= 0.3 is 0 Å². The van der Waals surface area contributed by atoms with E-state index >= 15 is 0 Å². The lowest BCUT2D eigenvalue weighted by Crippen LogP contribution is -2.07. The van der Waals surface area contributed by atoms with Crippen LogP contribution in [-0.2, 0) is 13.0 Å². The van der Waals surface area contributed by atoms with Gasteiger partial charge in [0.2, 0.25) is 0 Å². The van der Waals surface area contributed by atoms with E-state index in [0.717, 1.165) is 30.0 Å². The Morgan fingerprint density at radius 3 is 2.94 bits per heavy atom. The highest BCUT2D eigenvalue weighted by atomic mass is 16.5. The number of pyridine rings is 1. The molecule has 2 heterocycles. The summed E-state index contributed by atoms with van der Waals surface area (Å²) in [6.07, 6.45) is 5.15. The van der Waals surface area contributed by atoms with Crippen molar-refractivity contribution in [3.05, 3.63) is 35.8 Å². The molecule has 0 aromatic carbocycles. The van der Waals surface area contributed by atoms with Crippen molar-refractivity contribution in [2.75, 3.05) is 12.8 Å². The van der Waals surface area contributed by atoms with Crippen molar-refractivity contribution in [3.63, 3.8) is 0 Å². The van der Waals surface area contributed by atoms with E-state index in [4.69, 9.17) is 10.5 Å². The Labute approximate surface area is 107 Å². The molecule has 0 saturated carbocycles. The molecular weight excluding hydrogens is 228 g/mol. The van der Waals surface area contributed by atoms with Gasteiger partial charge in [0.15, 0.2) is 5.75 Å². The van der Waals surface area contributed by atoms with Crippen molar-refractivity contribution in [2.24, 2.45) is 0 Å². The molecular formula is C13H18N4O. The van der Waals surface area contributed by atoms with Gasteiger partial charge in [-0.25, -0.2) is 4.98 Å². The van der Waals surface area contributed by atoms with Crippen LogP contribution in [0.1, 0.15) is 24.6 Å². The average Bonchev–Trinajstić information content (AvgIpc) is 2.75. The minimum atomic E-state index is 0.559. The number of nitrogens with zero attached hydrogens (tertiary/aromatic N) is 3. The number of nitrogen functional groups attached to an aromatic ring is 1. The lowest BCUT2D eigenvalue weighted by atomic mass is 10.1. The van der Waals surface area contributed by atoms with Gasteiger partial charge in [0.1, 0.15) is 5.82 Å². The minimum absolute atomic E-state index is 0.559. The number of nitrogens with two attached hydrogens (primary N) is 1. The molecule has 2 aromatic heterocycles. The van der Waals surface area contributed by atoms with Crippen LogP contribution in [0, 0.1) is 0 Å². The summed E-state index contributed by atoms with van der Waals surface area (Å²) in [7, 11) is 1.66. The lowest BCUT2D eigenvalue weighted by molar-refractivity contribution is 0.408. The molecule has 2 rings (SSSR count). The highest BCUT2D eigenvalue weighted by molar-refractivity contribution is 5.43. The number of rotatable bonds is 5. The number of anilines is 1. The Hall–Kier alpha value is -2.04. The summed E-state index contributed by atoms with van der Waals surface area (Å²) in [5.74, 6) is 1.36. The van der Waals surface area contributed by atoms with Crippen LogP contribution in [0.4, 0.5) is 5.82 Å². The van der Waals surface area contributed by atoms with Gasteiger partial charge in [-0.2, -0.15) is 5.10 Å². The van der Waals surface area contributed by atoms with Crippen LogP contribution >= 0.6 is 0 Å². The molecule has 0 bridgehead atoms. The summed E-state index contributed by atoms with van der Waals surface area (Å²) in [5.41, 5.74) is 7.91. The van der Waals surface area contributed by atoms with Crippen molar-refractivity contribution >= 4 is 5.82 Å². The fraction of sp³-hybridized carbons (Fsp3) is 0.385. The number of hydrogen-bond acceptors (Lipinski definition) is 4. The predicted octanol–water partition coefficient (Wildman–Crippen LogP) is 1.87. The molecule has 18 heavy (non-hydrogen) atoms. The maximum atomic E-state index is 5.87. The van der Waals surface area contributed by atoms with E-state index < -0.39 is 0 Å². The molecule has 0 aliphatic carbocycles. The molecule has 0 atom stereocenters. The van der Waals surface area contributed by atoms with Crippen LogP contribution in [0.5, 0.6) is 5.75 Å². The number of aryl methyl sites for hydroxylation is 1. The van der Waals surface area contributed by atoms with E-state index in [1.807, 2.05) is 16.8 Å². The second-order valence-electron chi connectivity index (χ2n) is 4.11. The number of aromatic nitrogens is 3. The van der Waals surface area contributed by atoms with Gasteiger partial charge in [0.05, 0.1) is 19.0 Å². The fourth-order valence-corrected chi connectivity index (χ4v) is 1.93. The van der Waals surface area contributed by atoms with Crippen molar-refractivity contribution in [2.45, 2.75) is 26.3 Å². The normalized spacial score (nSPS) is 10.6. The quantitative estimate of drug-likeness (QED) is 0.874. The molecule has 0 saturated heterocycles. The van der Waals surface area contributed by atoms with E-state index in [9.17, 15) is 0 Å². The largest absolute Gasteiger partial charge is 0.493 e. The Bertz CT molecular complexity index is 521. The number of ether oxygens (including phenoxy) is 1. The van der Waals surface area contributed by atoms with Gasteiger partial charge in [-0.1, -0.05) is 13.0 Å². The van der Waals surface area contributed by atoms with E-state index in [0.29, 0.717) is 12.2 Å². The standard InChI is InChI=1S/C13H18N4O/c1-3-7-17-11(12(18-2)9-16-17)8-10-5-4-6-15-13(10)14/h4-6,9H,3,7-8H2,1-2H3,(H2,14,15). The van der Waals surface area contributed by atoms with Crippen molar-refractivity contribution in [1.29, 1.82) is 0 Å². The van der Waals surface area contributed by atoms with Crippen LogP contribution in [0.15, 0.2) is 24.5 Å². The zero-order valence-corrected chi connectivity index (χ0v) is 10.8. The van der Waals surface area contributed by atoms with Gasteiger partial charge in [-0.3, -0.25) is 4.68 Å². The minimum Gasteiger partial charge on any atom is -0.493 e. The fourth-order valence-electron chi connectivity index (χ4n) is 1.93. The molecule has 5 heteroatoms. The molecule has 0 spiro atoms. The van der Waals surface area contributed by atoms with Gasteiger partial charge in [0.25, 0.3) is 0 Å². The third-order valence-electron chi connectivity index (χ3n) is 2.85. The number of hydrogen-bond donors (Lipinski definition) is 1. The van der Waals surface area contributed by atoms with Crippen LogP contribution in [0.2, 0.25) is 0 Å². The third kappa shape index (κ3) is 2.45.